The Morgan fingerprint density at radius 3 is 2.97 bits per heavy atom. The normalized spacial score (nSPS) is 16.5. The highest BCUT2D eigenvalue weighted by atomic mass is 19.1. The maximum absolute atomic E-state index is 14.0. The lowest BCUT2D eigenvalue weighted by Gasteiger charge is -2.27. The Hall–Kier alpha value is -4.08. The van der Waals surface area contributed by atoms with Crippen LogP contribution in [0.15, 0.2) is 60.0 Å². The van der Waals surface area contributed by atoms with E-state index < -0.39 is 5.82 Å². The maximum Gasteiger partial charge on any atom is 0.282 e. The zero-order valence-electron chi connectivity index (χ0n) is 16.3. The maximum atomic E-state index is 14.0. The van der Waals surface area contributed by atoms with E-state index in [1.54, 1.807) is 41.3 Å². The van der Waals surface area contributed by atoms with Gasteiger partial charge in [0.15, 0.2) is 17.3 Å². The van der Waals surface area contributed by atoms with Crippen molar-refractivity contribution < 1.29 is 4.39 Å². The standard InChI is InChI=1S/C21H17FN8O/c22-13-4-1-5-14(10-13)30-19(27-29-9-3-7-16(29)21(30)31)15-6-2-8-28(15)20-17-18(24-11-23-17)25-12-26-20/h1,3-5,7,9-12,15H,2,6,8H2,(H,23,24,25,26). The molecule has 0 spiro atoms. The van der Waals surface area contributed by atoms with E-state index in [1.807, 2.05) is 0 Å². The quantitative estimate of drug-likeness (QED) is 0.486. The fraction of sp³-hybridized carbons (Fsp3) is 0.190. The molecule has 0 amide bonds. The van der Waals surface area contributed by atoms with Crippen LogP contribution >= 0.6 is 0 Å². The first kappa shape index (κ1) is 17.8. The van der Waals surface area contributed by atoms with Crippen LogP contribution in [-0.2, 0) is 0 Å². The number of nitrogens with one attached hydrogen (secondary N) is 1. The van der Waals surface area contributed by atoms with E-state index in [1.165, 1.54) is 23.0 Å². The Morgan fingerprint density at radius 2 is 2.06 bits per heavy atom. The van der Waals surface area contributed by atoms with Crippen LogP contribution in [0.2, 0.25) is 0 Å². The molecule has 5 aromatic rings. The van der Waals surface area contributed by atoms with Gasteiger partial charge in [-0.25, -0.2) is 23.9 Å². The molecule has 31 heavy (non-hydrogen) atoms. The summed E-state index contributed by atoms with van der Waals surface area (Å²) in [6.07, 6.45) is 6.48. The predicted molar refractivity (Wildman–Crippen MR) is 112 cm³/mol. The van der Waals surface area contributed by atoms with Crippen molar-refractivity contribution >= 4 is 22.5 Å². The summed E-state index contributed by atoms with van der Waals surface area (Å²) in [5.41, 5.74) is 1.93. The molecule has 0 bridgehead atoms. The number of aromatic amines is 1. The topological polar surface area (TPSA) is 97.0 Å². The summed E-state index contributed by atoms with van der Waals surface area (Å²) in [5, 5.41) is 4.77. The lowest BCUT2D eigenvalue weighted by molar-refractivity contribution is 0.596. The first-order chi connectivity index (χ1) is 15.2. The second kappa shape index (κ2) is 6.73. The summed E-state index contributed by atoms with van der Waals surface area (Å²) in [4.78, 5) is 31.5. The van der Waals surface area contributed by atoms with Crippen LogP contribution in [0.4, 0.5) is 10.2 Å². The molecule has 4 aromatic heterocycles. The molecule has 1 N–H and O–H groups in total. The van der Waals surface area contributed by atoms with Crippen molar-refractivity contribution in [3.05, 3.63) is 77.2 Å². The number of hydrogen-bond acceptors (Lipinski definition) is 6. The molecule has 0 radical (unpaired) electrons. The van der Waals surface area contributed by atoms with E-state index in [0.717, 1.165) is 24.9 Å². The highest BCUT2D eigenvalue weighted by molar-refractivity contribution is 5.83. The average molecular weight is 416 g/mol. The molecule has 1 aromatic carbocycles. The smallest absolute Gasteiger partial charge is 0.282 e. The molecule has 0 saturated carbocycles. The summed E-state index contributed by atoms with van der Waals surface area (Å²) in [5.74, 6) is 0.824. The van der Waals surface area contributed by atoms with E-state index >= 15 is 0 Å². The van der Waals surface area contributed by atoms with Gasteiger partial charge in [0.05, 0.1) is 18.1 Å². The van der Waals surface area contributed by atoms with E-state index in [0.29, 0.717) is 28.5 Å². The molecule has 1 aliphatic heterocycles. The van der Waals surface area contributed by atoms with Gasteiger partial charge in [0.2, 0.25) is 0 Å². The van der Waals surface area contributed by atoms with Gasteiger partial charge in [-0.2, -0.15) is 5.10 Å². The molecule has 1 unspecified atom stereocenters. The number of halogens is 1. The Balaban J connectivity index is 1.59. The second-order valence-electron chi connectivity index (χ2n) is 7.47. The molecule has 1 atom stereocenters. The van der Waals surface area contributed by atoms with Crippen molar-refractivity contribution in [1.29, 1.82) is 0 Å². The molecular weight excluding hydrogens is 399 g/mol. The fourth-order valence-corrected chi connectivity index (χ4v) is 4.34. The zero-order chi connectivity index (χ0) is 20.9. The number of aromatic nitrogens is 7. The molecule has 1 aliphatic rings. The third kappa shape index (κ3) is 2.71. The molecule has 1 fully saturated rings. The number of nitrogens with zero attached hydrogens (tertiary/aromatic N) is 7. The van der Waals surface area contributed by atoms with Gasteiger partial charge in [0, 0.05) is 12.7 Å². The van der Waals surface area contributed by atoms with E-state index in [-0.39, 0.29) is 11.6 Å². The van der Waals surface area contributed by atoms with E-state index in [2.05, 4.69) is 24.8 Å². The van der Waals surface area contributed by atoms with E-state index in [4.69, 9.17) is 5.10 Å². The Morgan fingerprint density at radius 1 is 1.13 bits per heavy atom. The molecule has 9 nitrogen and oxygen atoms in total. The molecule has 6 rings (SSSR count). The van der Waals surface area contributed by atoms with Crippen molar-refractivity contribution in [2.75, 3.05) is 11.4 Å². The second-order valence-corrected chi connectivity index (χ2v) is 7.47. The van der Waals surface area contributed by atoms with Crippen LogP contribution in [0.25, 0.3) is 22.4 Å². The van der Waals surface area contributed by atoms with Gasteiger partial charge < -0.3 is 9.88 Å². The first-order valence-electron chi connectivity index (χ1n) is 9.98. The fourth-order valence-electron chi connectivity index (χ4n) is 4.34. The minimum atomic E-state index is -0.413. The number of H-pyrrole nitrogens is 1. The van der Waals surface area contributed by atoms with Crippen LogP contribution in [-0.4, -0.2) is 40.7 Å². The lowest BCUT2D eigenvalue weighted by Crippen LogP contribution is -2.33. The average Bonchev–Trinajstić information content (AvgIpc) is 3.52. The van der Waals surface area contributed by atoms with Crippen molar-refractivity contribution in [1.82, 2.24) is 34.1 Å². The molecule has 10 heteroatoms. The molecule has 154 valence electrons. The monoisotopic (exact) mass is 416 g/mol. The summed E-state index contributed by atoms with van der Waals surface area (Å²) in [6.45, 7) is 0.735. The van der Waals surface area contributed by atoms with E-state index in [9.17, 15) is 9.18 Å². The van der Waals surface area contributed by atoms with Gasteiger partial charge in [0.25, 0.3) is 5.56 Å². The molecule has 0 aliphatic carbocycles. The van der Waals surface area contributed by atoms with Crippen molar-refractivity contribution in [3.8, 4) is 5.69 Å². The van der Waals surface area contributed by atoms with Crippen LogP contribution in [0.1, 0.15) is 24.7 Å². The number of fused-ring (bicyclic) bond motifs is 2. The Labute approximate surface area is 174 Å². The van der Waals surface area contributed by atoms with Gasteiger partial charge in [-0.05, 0) is 43.2 Å². The van der Waals surface area contributed by atoms with Gasteiger partial charge in [-0.1, -0.05) is 6.07 Å². The number of imidazole rings is 1. The SMILES string of the molecule is O=c1c2cccn2nc(C2CCCN2c2ncnc3nc[nH]c23)n1-c1cccc(F)c1. The van der Waals surface area contributed by atoms with Crippen molar-refractivity contribution in [2.45, 2.75) is 18.9 Å². The molecule has 5 heterocycles. The predicted octanol–water partition coefficient (Wildman–Crippen LogP) is 2.63. The highest BCUT2D eigenvalue weighted by Gasteiger charge is 2.33. The lowest BCUT2D eigenvalue weighted by atomic mass is 10.2. The van der Waals surface area contributed by atoms with Crippen LogP contribution in [0.3, 0.4) is 0 Å². The summed E-state index contributed by atoms with van der Waals surface area (Å²) < 4.78 is 17.1. The van der Waals surface area contributed by atoms with Crippen LogP contribution in [0, 0.1) is 5.82 Å². The van der Waals surface area contributed by atoms with Crippen LogP contribution < -0.4 is 10.5 Å². The summed E-state index contributed by atoms with van der Waals surface area (Å²) >= 11 is 0. The van der Waals surface area contributed by atoms with Gasteiger partial charge in [0.1, 0.15) is 23.2 Å². The third-order valence-electron chi connectivity index (χ3n) is 5.68. The zero-order valence-corrected chi connectivity index (χ0v) is 16.3. The number of anilines is 1. The van der Waals surface area contributed by atoms with Crippen molar-refractivity contribution in [3.63, 3.8) is 0 Å². The molecule has 1 saturated heterocycles. The highest BCUT2D eigenvalue weighted by Crippen LogP contribution is 2.36. The number of rotatable bonds is 3. The number of hydrogen-bond donors (Lipinski definition) is 1. The minimum Gasteiger partial charge on any atom is -0.344 e. The third-order valence-corrected chi connectivity index (χ3v) is 5.68. The Bertz CT molecular complexity index is 1490. The Kier molecular flexibility index (Phi) is 3.85. The van der Waals surface area contributed by atoms with Gasteiger partial charge >= 0.3 is 0 Å². The number of benzene rings is 1. The van der Waals surface area contributed by atoms with Gasteiger partial charge in [-0.15, -0.1) is 0 Å². The summed E-state index contributed by atoms with van der Waals surface area (Å²) in [6, 6.07) is 9.26. The molecular formula is C21H17FN8O. The van der Waals surface area contributed by atoms with Crippen molar-refractivity contribution in [2.24, 2.45) is 0 Å². The largest absolute Gasteiger partial charge is 0.344 e. The van der Waals surface area contributed by atoms with Crippen LogP contribution in [0.5, 0.6) is 0 Å². The minimum absolute atomic E-state index is 0.232. The first-order valence-corrected chi connectivity index (χ1v) is 9.98. The van der Waals surface area contributed by atoms with Gasteiger partial charge in [-0.3, -0.25) is 9.36 Å². The summed E-state index contributed by atoms with van der Waals surface area (Å²) in [7, 11) is 0.